The van der Waals surface area contributed by atoms with Crippen molar-refractivity contribution in [2.45, 2.75) is 44.2 Å². The van der Waals surface area contributed by atoms with Gasteiger partial charge in [-0.3, -0.25) is 4.99 Å². The summed E-state index contributed by atoms with van der Waals surface area (Å²) >= 11 is 0. The fourth-order valence-electron chi connectivity index (χ4n) is 2.39. The molecule has 0 aromatic carbocycles. The summed E-state index contributed by atoms with van der Waals surface area (Å²) in [6.45, 7) is 0.977. The van der Waals surface area contributed by atoms with Crippen LogP contribution in [0.3, 0.4) is 0 Å². The lowest BCUT2D eigenvalue weighted by Gasteiger charge is -2.20. The first kappa shape index (κ1) is 11.7. The van der Waals surface area contributed by atoms with Crippen molar-refractivity contribution in [2.75, 3.05) is 20.7 Å². The summed E-state index contributed by atoms with van der Waals surface area (Å²) < 4.78 is 5.48. The van der Waals surface area contributed by atoms with Gasteiger partial charge in [0.15, 0.2) is 5.96 Å². The fourth-order valence-corrected chi connectivity index (χ4v) is 2.39. The number of ether oxygens (including phenoxy) is 1. The van der Waals surface area contributed by atoms with E-state index in [4.69, 9.17) is 4.74 Å². The molecule has 2 N–H and O–H groups in total. The molecule has 0 aromatic rings. The Morgan fingerprint density at radius 3 is 2.75 bits per heavy atom. The Balaban J connectivity index is 1.72. The average Bonchev–Trinajstić information content (AvgIpc) is 3.00. The molecule has 0 aliphatic heterocycles. The van der Waals surface area contributed by atoms with E-state index in [0.717, 1.165) is 12.5 Å². The van der Waals surface area contributed by atoms with Crippen LogP contribution in [0.15, 0.2) is 4.99 Å². The highest BCUT2D eigenvalue weighted by molar-refractivity contribution is 5.80. The molecule has 0 saturated heterocycles. The second-order valence-corrected chi connectivity index (χ2v) is 4.84. The van der Waals surface area contributed by atoms with E-state index in [9.17, 15) is 0 Å². The van der Waals surface area contributed by atoms with Crippen LogP contribution < -0.4 is 10.6 Å². The Bertz CT molecular complexity index is 251. The topological polar surface area (TPSA) is 45.7 Å². The van der Waals surface area contributed by atoms with Gasteiger partial charge in [0.1, 0.15) is 0 Å². The number of aliphatic imine (C=N–C) groups is 1. The normalized spacial score (nSPS) is 30.5. The van der Waals surface area contributed by atoms with Gasteiger partial charge in [-0.25, -0.2) is 0 Å². The summed E-state index contributed by atoms with van der Waals surface area (Å²) in [5.74, 6) is 1.59. The van der Waals surface area contributed by atoms with Crippen LogP contribution in [0.4, 0.5) is 0 Å². The van der Waals surface area contributed by atoms with E-state index < -0.39 is 0 Å². The van der Waals surface area contributed by atoms with Crippen molar-refractivity contribution in [2.24, 2.45) is 10.9 Å². The van der Waals surface area contributed by atoms with Gasteiger partial charge in [0.2, 0.25) is 0 Å². The zero-order chi connectivity index (χ0) is 11.4. The van der Waals surface area contributed by atoms with E-state index in [1.54, 1.807) is 0 Å². The van der Waals surface area contributed by atoms with E-state index >= 15 is 0 Å². The van der Waals surface area contributed by atoms with Crippen LogP contribution in [0.2, 0.25) is 0 Å². The number of rotatable bonds is 4. The van der Waals surface area contributed by atoms with Gasteiger partial charge in [0.25, 0.3) is 0 Å². The fraction of sp³-hybridized carbons (Fsp3) is 0.917. The molecule has 0 spiro atoms. The van der Waals surface area contributed by atoms with Gasteiger partial charge < -0.3 is 15.4 Å². The maximum Gasteiger partial charge on any atom is 0.191 e. The molecule has 92 valence electrons. The Kier molecular flexibility index (Phi) is 4.04. The lowest BCUT2D eigenvalue weighted by Crippen LogP contribution is -2.42. The molecule has 0 bridgehead atoms. The molecule has 4 heteroatoms. The van der Waals surface area contributed by atoms with Gasteiger partial charge in [-0.2, -0.15) is 0 Å². The molecule has 4 nitrogen and oxygen atoms in total. The minimum Gasteiger partial charge on any atom is -0.381 e. The largest absolute Gasteiger partial charge is 0.381 e. The highest BCUT2D eigenvalue weighted by atomic mass is 16.5. The number of hydrogen-bond acceptors (Lipinski definition) is 2. The summed E-state index contributed by atoms with van der Waals surface area (Å²) in [5, 5.41) is 6.80. The minimum absolute atomic E-state index is 0.437. The summed E-state index contributed by atoms with van der Waals surface area (Å²) in [5.41, 5.74) is 0. The van der Waals surface area contributed by atoms with Crippen molar-refractivity contribution in [3.05, 3.63) is 0 Å². The summed E-state index contributed by atoms with van der Waals surface area (Å²) in [6, 6.07) is 0.660. The third-order valence-corrected chi connectivity index (χ3v) is 3.57. The zero-order valence-electron chi connectivity index (χ0n) is 10.3. The van der Waals surface area contributed by atoms with E-state index in [2.05, 4.69) is 15.6 Å². The van der Waals surface area contributed by atoms with Crippen molar-refractivity contribution in [3.8, 4) is 0 Å². The first-order chi connectivity index (χ1) is 7.83. The van der Waals surface area contributed by atoms with Crippen LogP contribution in [0, 0.1) is 5.92 Å². The van der Waals surface area contributed by atoms with Crippen molar-refractivity contribution in [1.29, 1.82) is 0 Å². The minimum atomic E-state index is 0.437. The Morgan fingerprint density at radius 2 is 2.12 bits per heavy atom. The van der Waals surface area contributed by atoms with Crippen LogP contribution in [0.25, 0.3) is 0 Å². The molecule has 2 atom stereocenters. The molecule has 0 heterocycles. The standard InChI is InChI=1S/C12H23N3O/c1-13-12(15-10-6-7-10)14-8-9-4-3-5-11(9)16-2/h9-11H,3-8H2,1-2H3,(H2,13,14,15). The average molecular weight is 225 g/mol. The number of hydrogen-bond donors (Lipinski definition) is 2. The lowest BCUT2D eigenvalue weighted by atomic mass is 10.1. The number of methoxy groups -OCH3 is 1. The van der Waals surface area contributed by atoms with Gasteiger partial charge in [-0.05, 0) is 25.7 Å². The predicted molar refractivity (Wildman–Crippen MR) is 65.7 cm³/mol. The maximum atomic E-state index is 5.48. The molecule has 2 aliphatic carbocycles. The second-order valence-electron chi connectivity index (χ2n) is 4.84. The molecule has 0 aromatic heterocycles. The Morgan fingerprint density at radius 1 is 1.31 bits per heavy atom. The summed E-state index contributed by atoms with van der Waals surface area (Å²) in [6.07, 6.45) is 6.77. The Labute approximate surface area is 97.9 Å². The Hall–Kier alpha value is -0.770. The first-order valence-corrected chi connectivity index (χ1v) is 6.33. The van der Waals surface area contributed by atoms with Gasteiger partial charge in [0.05, 0.1) is 6.10 Å². The second kappa shape index (κ2) is 5.53. The molecule has 2 saturated carbocycles. The first-order valence-electron chi connectivity index (χ1n) is 6.33. The maximum absolute atomic E-state index is 5.48. The third-order valence-electron chi connectivity index (χ3n) is 3.57. The molecule has 0 amide bonds. The van der Waals surface area contributed by atoms with Gasteiger partial charge in [0, 0.05) is 32.7 Å². The van der Waals surface area contributed by atoms with Crippen LogP contribution in [0.5, 0.6) is 0 Å². The molecule has 2 fully saturated rings. The van der Waals surface area contributed by atoms with E-state index in [1.807, 2.05) is 14.2 Å². The monoisotopic (exact) mass is 225 g/mol. The van der Waals surface area contributed by atoms with E-state index in [0.29, 0.717) is 18.1 Å². The summed E-state index contributed by atoms with van der Waals surface area (Å²) in [7, 11) is 3.65. The molecule has 0 radical (unpaired) electrons. The van der Waals surface area contributed by atoms with Gasteiger partial charge in [-0.15, -0.1) is 0 Å². The quantitative estimate of drug-likeness (QED) is 0.557. The highest BCUT2D eigenvalue weighted by Gasteiger charge is 2.27. The van der Waals surface area contributed by atoms with Crippen LogP contribution >= 0.6 is 0 Å². The molecular formula is C12H23N3O. The molecule has 16 heavy (non-hydrogen) atoms. The molecule has 2 rings (SSSR count). The van der Waals surface area contributed by atoms with Crippen LogP contribution in [-0.2, 0) is 4.74 Å². The molecule has 2 aliphatic rings. The zero-order valence-corrected chi connectivity index (χ0v) is 10.3. The highest BCUT2D eigenvalue weighted by Crippen LogP contribution is 2.27. The molecular weight excluding hydrogens is 202 g/mol. The predicted octanol–water partition coefficient (Wildman–Crippen LogP) is 1.13. The van der Waals surface area contributed by atoms with Crippen LogP contribution in [0.1, 0.15) is 32.1 Å². The van der Waals surface area contributed by atoms with Crippen LogP contribution in [-0.4, -0.2) is 38.8 Å². The number of guanidine groups is 1. The number of nitrogens with zero attached hydrogens (tertiary/aromatic N) is 1. The van der Waals surface area contributed by atoms with Crippen molar-refractivity contribution in [3.63, 3.8) is 0 Å². The lowest BCUT2D eigenvalue weighted by molar-refractivity contribution is 0.0725. The number of nitrogens with one attached hydrogen (secondary N) is 2. The van der Waals surface area contributed by atoms with Gasteiger partial charge >= 0.3 is 0 Å². The van der Waals surface area contributed by atoms with Crippen molar-refractivity contribution in [1.82, 2.24) is 10.6 Å². The third kappa shape index (κ3) is 3.11. The van der Waals surface area contributed by atoms with Crippen molar-refractivity contribution < 1.29 is 4.74 Å². The smallest absolute Gasteiger partial charge is 0.191 e. The van der Waals surface area contributed by atoms with Gasteiger partial charge in [-0.1, -0.05) is 6.42 Å². The van der Waals surface area contributed by atoms with Crippen molar-refractivity contribution >= 4 is 5.96 Å². The summed E-state index contributed by atoms with van der Waals surface area (Å²) in [4.78, 5) is 4.23. The van der Waals surface area contributed by atoms with E-state index in [-0.39, 0.29) is 0 Å². The SMILES string of the molecule is CN=C(NCC1CCCC1OC)NC1CC1. The van der Waals surface area contributed by atoms with E-state index in [1.165, 1.54) is 32.1 Å². The molecule has 2 unspecified atom stereocenters.